The van der Waals surface area contributed by atoms with Gasteiger partial charge in [0.2, 0.25) is 0 Å². The molecule has 0 amide bonds. The van der Waals surface area contributed by atoms with E-state index < -0.39 is 0 Å². The molecule has 0 saturated carbocycles. The van der Waals surface area contributed by atoms with Crippen molar-refractivity contribution in [3.8, 4) is 0 Å². The average molecular weight is 290 g/mol. The quantitative estimate of drug-likeness (QED) is 0.720. The van der Waals surface area contributed by atoms with E-state index in [-0.39, 0.29) is 5.97 Å². The summed E-state index contributed by atoms with van der Waals surface area (Å²) in [5.41, 5.74) is 0.919. The van der Waals surface area contributed by atoms with Gasteiger partial charge in [0.05, 0.1) is 13.7 Å². The molecule has 0 atom stereocenters. The van der Waals surface area contributed by atoms with Crippen molar-refractivity contribution in [2.75, 3.05) is 44.7 Å². The zero-order chi connectivity index (χ0) is 14.8. The van der Waals surface area contributed by atoms with Crippen LogP contribution in [0.25, 0.3) is 5.78 Å². The van der Waals surface area contributed by atoms with Crippen LogP contribution in [0.1, 0.15) is 5.69 Å². The molecule has 1 aliphatic heterocycles. The third-order valence-electron chi connectivity index (χ3n) is 3.64. The van der Waals surface area contributed by atoms with Gasteiger partial charge in [-0.3, -0.25) is 9.69 Å². The summed E-state index contributed by atoms with van der Waals surface area (Å²) < 4.78 is 6.46. The number of methoxy groups -OCH3 is 1. The van der Waals surface area contributed by atoms with Crippen LogP contribution < -0.4 is 4.90 Å². The van der Waals surface area contributed by atoms with E-state index in [0.717, 1.165) is 37.7 Å². The Hall–Kier alpha value is -2.22. The molecule has 8 heteroatoms. The topological polar surface area (TPSA) is 75.9 Å². The van der Waals surface area contributed by atoms with Gasteiger partial charge in [-0.25, -0.2) is 4.98 Å². The molecule has 3 heterocycles. The van der Waals surface area contributed by atoms with Crippen molar-refractivity contribution >= 4 is 17.6 Å². The maximum atomic E-state index is 11.3. The molecule has 1 saturated heterocycles. The maximum absolute atomic E-state index is 11.3. The fraction of sp³-hybridized carbons (Fsp3) is 0.538. The summed E-state index contributed by atoms with van der Waals surface area (Å²) in [7, 11) is 1.42. The SMILES string of the molecule is COC(=O)CN1CCN(c2cc(C)nc3ncnn23)CC1. The van der Waals surface area contributed by atoms with Crippen molar-refractivity contribution < 1.29 is 9.53 Å². The summed E-state index contributed by atoms with van der Waals surface area (Å²) in [6.07, 6.45) is 1.51. The molecule has 0 radical (unpaired) electrons. The number of ether oxygens (including phenoxy) is 1. The summed E-state index contributed by atoms with van der Waals surface area (Å²) in [5, 5.41) is 4.23. The lowest BCUT2D eigenvalue weighted by molar-refractivity contribution is -0.142. The number of esters is 1. The minimum Gasteiger partial charge on any atom is -0.468 e. The first-order chi connectivity index (χ1) is 10.2. The van der Waals surface area contributed by atoms with Gasteiger partial charge in [0, 0.05) is 37.9 Å². The van der Waals surface area contributed by atoms with Crippen LogP contribution in [-0.2, 0) is 9.53 Å². The van der Waals surface area contributed by atoms with Gasteiger partial charge >= 0.3 is 5.97 Å². The van der Waals surface area contributed by atoms with Crippen molar-refractivity contribution in [1.82, 2.24) is 24.5 Å². The highest BCUT2D eigenvalue weighted by Gasteiger charge is 2.21. The number of rotatable bonds is 3. The number of hydrogen-bond donors (Lipinski definition) is 0. The Morgan fingerprint density at radius 1 is 1.33 bits per heavy atom. The van der Waals surface area contributed by atoms with Gasteiger partial charge in [0.1, 0.15) is 12.1 Å². The Balaban J connectivity index is 1.74. The highest BCUT2D eigenvalue weighted by atomic mass is 16.5. The van der Waals surface area contributed by atoms with Crippen LogP contribution >= 0.6 is 0 Å². The van der Waals surface area contributed by atoms with E-state index in [9.17, 15) is 4.79 Å². The van der Waals surface area contributed by atoms with Crippen LogP contribution in [-0.4, -0.2) is 70.3 Å². The van der Waals surface area contributed by atoms with E-state index in [1.807, 2.05) is 13.0 Å². The molecule has 3 rings (SSSR count). The van der Waals surface area contributed by atoms with Gasteiger partial charge in [-0.1, -0.05) is 0 Å². The summed E-state index contributed by atoms with van der Waals surface area (Å²) in [6.45, 7) is 5.58. The number of aromatic nitrogens is 4. The second-order valence-corrected chi connectivity index (χ2v) is 5.07. The van der Waals surface area contributed by atoms with Crippen molar-refractivity contribution in [3.63, 3.8) is 0 Å². The number of piperazine rings is 1. The number of anilines is 1. The molecule has 8 nitrogen and oxygen atoms in total. The van der Waals surface area contributed by atoms with E-state index in [1.165, 1.54) is 13.4 Å². The van der Waals surface area contributed by atoms with Gasteiger partial charge in [-0.2, -0.15) is 14.6 Å². The molecule has 0 bridgehead atoms. The van der Waals surface area contributed by atoms with Crippen molar-refractivity contribution in [2.24, 2.45) is 0 Å². The standard InChI is InChI=1S/C13H18N6O2/c1-10-7-11(19-13(16-10)14-9-15-19)18-5-3-17(4-6-18)8-12(20)21-2/h7,9H,3-6,8H2,1-2H3. The Morgan fingerprint density at radius 3 is 2.81 bits per heavy atom. The minimum absolute atomic E-state index is 0.193. The maximum Gasteiger partial charge on any atom is 0.319 e. The third kappa shape index (κ3) is 2.80. The second kappa shape index (κ2) is 5.65. The molecular formula is C13H18N6O2. The molecule has 1 fully saturated rings. The van der Waals surface area contributed by atoms with Gasteiger partial charge < -0.3 is 9.64 Å². The molecule has 112 valence electrons. The van der Waals surface area contributed by atoms with Gasteiger partial charge in [0.25, 0.3) is 5.78 Å². The van der Waals surface area contributed by atoms with Crippen LogP contribution in [0, 0.1) is 6.92 Å². The summed E-state index contributed by atoms with van der Waals surface area (Å²) in [5.74, 6) is 1.41. The molecule has 0 aliphatic carbocycles. The minimum atomic E-state index is -0.193. The summed E-state index contributed by atoms with van der Waals surface area (Å²) in [4.78, 5) is 24.1. The summed E-state index contributed by atoms with van der Waals surface area (Å²) >= 11 is 0. The monoisotopic (exact) mass is 290 g/mol. The Bertz CT molecular complexity index is 647. The van der Waals surface area contributed by atoms with Gasteiger partial charge in [-0.15, -0.1) is 0 Å². The Labute approximate surface area is 122 Å². The number of carbonyl (C=O) groups excluding carboxylic acids is 1. The molecule has 2 aromatic heterocycles. The Morgan fingerprint density at radius 2 is 2.10 bits per heavy atom. The number of fused-ring (bicyclic) bond motifs is 1. The van der Waals surface area contributed by atoms with E-state index in [0.29, 0.717) is 12.3 Å². The molecule has 0 unspecified atom stereocenters. The molecule has 0 N–H and O–H groups in total. The zero-order valence-electron chi connectivity index (χ0n) is 12.2. The first kappa shape index (κ1) is 13.7. The number of hydrogen-bond acceptors (Lipinski definition) is 7. The third-order valence-corrected chi connectivity index (χ3v) is 3.64. The normalized spacial score (nSPS) is 16.4. The molecule has 0 spiro atoms. The van der Waals surface area contributed by atoms with E-state index in [1.54, 1.807) is 4.52 Å². The highest BCUT2D eigenvalue weighted by molar-refractivity contribution is 5.71. The molecule has 21 heavy (non-hydrogen) atoms. The summed E-state index contributed by atoms with van der Waals surface area (Å²) in [6, 6.07) is 2.01. The van der Waals surface area contributed by atoms with Crippen molar-refractivity contribution in [1.29, 1.82) is 0 Å². The average Bonchev–Trinajstić information content (AvgIpc) is 2.95. The van der Waals surface area contributed by atoms with Crippen LogP contribution in [0.4, 0.5) is 5.82 Å². The zero-order valence-corrected chi connectivity index (χ0v) is 12.2. The van der Waals surface area contributed by atoms with Crippen LogP contribution in [0.15, 0.2) is 12.4 Å². The number of aryl methyl sites for hydroxylation is 1. The van der Waals surface area contributed by atoms with Crippen LogP contribution in [0.5, 0.6) is 0 Å². The highest BCUT2D eigenvalue weighted by Crippen LogP contribution is 2.17. The lowest BCUT2D eigenvalue weighted by Crippen LogP contribution is -2.48. The molecule has 1 aliphatic rings. The number of nitrogens with zero attached hydrogens (tertiary/aromatic N) is 6. The first-order valence-corrected chi connectivity index (χ1v) is 6.89. The fourth-order valence-electron chi connectivity index (χ4n) is 2.52. The van der Waals surface area contributed by atoms with E-state index in [4.69, 9.17) is 4.74 Å². The smallest absolute Gasteiger partial charge is 0.319 e. The van der Waals surface area contributed by atoms with Crippen molar-refractivity contribution in [2.45, 2.75) is 6.92 Å². The fourth-order valence-corrected chi connectivity index (χ4v) is 2.52. The van der Waals surface area contributed by atoms with Crippen LogP contribution in [0.2, 0.25) is 0 Å². The molecular weight excluding hydrogens is 272 g/mol. The largest absolute Gasteiger partial charge is 0.468 e. The Kier molecular flexibility index (Phi) is 3.70. The number of carbonyl (C=O) groups is 1. The van der Waals surface area contributed by atoms with Gasteiger partial charge in [0.15, 0.2) is 0 Å². The first-order valence-electron chi connectivity index (χ1n) is 6.89. The van der Waals surface area contributed by atoms with Crippen molar-refractivity contribution in [3.05, 3.63) is 18.1 Å². The predicted octanol–water partition coefficient (Wildman–Crippen LogP) is -0.272. The van der Waals surface area contributed by atoms with E-state index >= 15 is 0 Å². The van der Waals surface area contributed by atoms with Gasteiger partial charge in [-0.05, 0) is 6.92 Å². The molecule has 0 aromatic carbocycles. The lowest BCUT2D eigenvalue weighted by atomic mass is 10.3. The molecule has 2 aromatic rings. The second-order valence-electron chi connectivity index (χ2n) is 5.07. The predicted molar refractivity (Wildman–Crippen MR) is 76.2 cm³/mol. The lowest BCUT2D eigenvalue weighted by Gasteiger charge is -2.35. The van der Waals surface area contributed by atoms with E-state index in [2.05, 4.69) is 24.9 Å². The van der Waals surface area contributed by atoms with Crippen LogP contribution in [0.3, 0.4) is 0 Å².